The molecule has 6 heteroatoms. The number of thiocarbonyl (C=S) groups is 1. The maximum absolute atomic E-state index is 12.1. The molecule has 1 aromatic rings. The number of carbonyl (C=O) groups excluding carboxylic acids is 1. The molecule has 1 amide bonds. The first-order chi connectivity index (χ1) is 9.97. The van der Waals surface area contributed by atoms with Crippen LogP contribution in [0.1, 0.15) is 18.9 Å². The van der Waals surface area contributed by atoms with Crippen LogP contribution in [-0.4, -0.2) is 47.5 Å². The third kappa shape index (κ3) is 5.55. The monoisotopic (exact) mass is 326 g/mol. The van der Waals surface area contributed by atoms with Crippen molar-refractivity contribution in [1.82, 2.24) is 4.90 Å². The van der Waals surface area contributed by atoms with E-state index in [0.717, 1.165) is 12.2 Å². The fraction of sp³-hybridized carbons (Fsp3) is 0.467. The molecule has 1 rings (SSSR count). The van der Waals surface area contributed by atoms with Gasteiger partial charge in [0.2, 0.25) is 0 Å². The predicted octanol–water partition coefficient (Wildman–Crippen LogP) is 2.30. The van der Waals surface area contributed by atoms with Gasteiger partial charge in [-0.2, -0.15) is 11.8 Å². The second-order valence-corrected chi connectivity index (χ2v) is 6.21. The average Bonchev–Trinajstić information content (AvgIpc) is 2.49. The Labute approximate surface area is 136 Å². The first kappa shape index (κ1) is 17.8. The normalized spacial score (nSPS) is 11.8. The number of carbonyl (C=O) groups is 1. The van der Waals surface area contributed by atoms with Crippen LogP contribution in [0.4, 0.5) is 0 Å². The molecule has 116 valence electrons. The molecule has 4 nitrogen and oxygen atoms in total. The number of para-hydroxylation sites is 1. The minimum absolute atomic E-state index is 0.0142. The van der Waals surface area contributed by atoms with Gasteiger partial charge in [0, 0.05) is 13.1 Å². The van der Waals surface area contributed by atoms with E-state index in [1.807, 2.05) is 19.1 Å². The Morgan fingerprint density at radius 2 is 2.14 bits per heavy atom. The van der Waals surface area contributed by atoms with E-state index in [4.69, 9.17) is 22.7 Å². The Bertz CT molecular complexity index is 494. The maximum atomic E-state index is 12.1. The van der Waals surface area contributed by atoms with Crippen LogP contribution in [0.25, 0.3) is 0 Å². The average molecular weight is 326 g/mol. The Morgan fingerprint density at radius 1 is 1.48 bits per heavy atom. The number of nitrogens with zero attached hydrogens (tertiary/aromatic N) is 1. The van der Waals surface area contributed by atoms with Gasteiger partial charge in [-0.25, -0.2) is 0 Å². The standard InChI is InChI=1S/C15H22N2O2S2/c1-11(8-9-21-3)17(2)14(18)10-19-13-7-5-4-6-12(13)15(16)20/h4-7,11H,8-10H2,1-3H3,(H2,16,20). The molecule has 1 atom stereocenters. The second kappa shape index (κ2) is 8.89. The SMILES string of the molecule is CSCCC(C)N(C)C(=O)COc1ccccc1C(N)=S. The lowest BCUT2D eigenvalue weighted by Gasteiger charge is -2.25. The topological polar surface area (TPSA) is 55.6 Å². The molecule has 0 aliphatic carbocycles. The summed E-state index contributed by atoms with van der Waals surface area (Å²) in [6, 6.07) is 7.40. The molecule has 0 radical (unpaired) electrons. The summed E-state index contributed by atoms with van der Waals surface area (Å²) in [6.07, 6.45) is 3.02. The van der Waals surface area contributed by atoms with Gasteiger partial charge in [-0.3, -0.25) is 4.79 Å². The minimum Gasteiger partial charge on any atom is -0.483 e. The third-order valence-electron chi connectivity index (χ3n) is 3.30. The summed E-state index contributed by atoms with van der Waals surface area (Å²) in [5, 5.41) is 0. The van der Waals surface area contributed by atoms with Crippen LogP contribution in [0, 0.1) is 0 Å². The Morgan fingerprint density at radius 3 is 2.76 bits per heavy atom. The summed E-state index contributed by atoms with van der Waals surface area (Å²) in [5.74, 6) is 1.52. The first-order valence-corrected chi connectivity index (χ1v) is 8.53. The molecule has 21 heavy (non-hydrogen) atoms. The smallest absolute Gasteiger partial charge is 0.260 e. The zero-order chi connectivity index (χ0) is 15.8. The molecule has 2 N–H and O–H groups in total. The Kier molecular flexibility index (Phi) is 7.53. The molecule has 1 unspecified atom stereocenters. The fourth-order valence-corrected chi connectivity index (χ4v) is 2.51. The Balaban J connectivity index is 2.59. The number of benzene rings is 1. The predicted molar refractivity (Wildman–Crippen MR) is 93.1 cm³/mol. The van der Waals surface area contributed by atoms with E-state index in [9.17, 15) is 4.79 Å². The van der Waals surface area contributed by atoms with Crippen LogP contribution >= 0.6 is 24.0 Å². The van der Waals surface area contributed by atoms with Gasteiger partial charge in [-0.1, -0.05) is 24.4 Å². The number of hydrogen-bond acceptors (Lipinski definition) is 4. The third-order valence-corrected chi connectivity index (χ3v) is 4.16. The quantitative estimate of drug-likeness (QED) is 0.743. The van der Waals surface area contributed by atoms with Crippen molar-refractivity contribution in [2.45, 2.75) is 19.4 Å². The van der Waals surface area contributed by atoms with Crippen molar-refractivity contribution in [3.63, 3.8) is 0 Å². The molecule has 0 spiro atoms. The summed E-state index contributed by atoms with van der Waals surface area (Å²) in [5.41, 5.74) is 6.29. The molecular weight excluding hydrogens is 304 g/mol. The van der Waals surface area contributed by atoms with Gasteiger partial charge < -0.3 is 15.4 Å². The highest BCUT2D eigenvalue weighted by Crippen LogP contribution is 2.18. The van der Waals surface area contributed by atoms with E-state index >= 15 is 0 Å². The number of thioether (sulfide) groups is 1. The van der Waals surface area contributed by atoms with Crippen molar-refractivity contribution >= 4 is 34.9 Å². The van der Waals surface area contributed by atoms with Crippen LogP contribution in [-0.2, 0) is 4.79 Å². The summed E-state index contributed by atoms with van der Waals surface area (Å²) >= 11 is 6.75. The van der Waals surface area contributed by atoms with E-state index in [0.29, 0.717) is 11.3 Å². The van der Waals surface area contributed by atoms with Gasteiger partial charge in [0.05, 0.1) is 5.56 Å². The molecule has 0 aliphatic rings. The maximum Gasteiger partial charge on any atom is 0.260 e. The highest BCUT2D eigenvalue weighted by atomic mass is 32.2. The van der Waals surface area contributed by atoms with Gasteiger partial charge in [0.1, 0.15) is 10.7 Å². The number of nitrogens with two attached hydrogens (primary N) is 1. The van der Waals surface area contributed by atoms with Crippen LogP contribution in [0.2, 0.25) is 0 Å². The first-order valence-electron chi connectivity index (χ1n) is 6.73. The molecule has 0 aromatic heterocycles. The lowest BCUT2D eigenvalue weighted by atomic mass is 10.2. The van der Waals surface area contributed by atoms with E-state index in [-0.39, 0.29) is 23.5 Å². The molecule has 0 fully saturated rings. The van der Waals surface area contributed by atoms with Gasteiger partial charge in [0.25, 0.3) is 5.91 Å². The van der Waals surface area contributed by atoms with Crippen molar-refractivity contribution in [1.29, 1.82) is 0 Å². The molecule has 0 heterocycles. The van der Waals surface area contributed by atoms with Crippen molar-refractivity contribution < 1.29 is 9.53 Å². The number of likely N-dealkylation sites (N-methyl/N-ethyl adjacent to an activating group) is 1. The number of rotatable bonds is 8. The van der Waals surface area contributed by atoms with E-state index in [1.165, 1.54) is 0 Å². The largest absolute Gasteiger partial charge is 0.483 e. The van der Waals surface area contributed by atoms with Gasteiger partial charge in [-0.15, -0.1) is 0 Å². The molecular formula is C15H22N2O2S2. The van der Waals surface area contributed by atoms with Crippen molar-refractivity contribution in [2.24, 2.45) is 5.73 Å². The zero-order valence-electron chi connectivity index (χ0n) is 12.7. The molecule has 0 saturated carbocycles. The number of amides is 1. The van der Waals surface area contributed by atoms with Crippen LogP contribution in [0.15, 0.2) is 24.3 Å². The van der Waals surface area contributed by atoms with Crippen molar-refractivity contribution in [2.75, 3.05) is 25.7 Å². The van der Waals surface area contributed by atoms with Gasteiger partial charge in [-0.05, 0) is 37.5 Å². The molecule has 0 saturated heterocycles. The van der Waals surface area contributed by atoms with Crippen molar-refractivity contribution in [3.05, 3.63) is 29.8 Å². The van der Waals surface area contributed by atoms with Crippen LogP contribution < -0.4 is 10.5 Å². The second-order valence-electron chi connectivity index (χ2n) is 4.78. The van der Waals surface area contributed by atoms with E-state index in [2.05, 4.69) is 6.26 Å². The highest BCUT2D eigenvalue weighted by Gasteiger charge is 2.16. The minimum atomic E-state index is -0.0543. The number of hydrogen-bond donors (Lipinski definition) is 1. The fourth-order valence-electron chi connectivity index (χ4n) is 1.77. The zero-order valence-corrected chi connectivity index (χ0v) is 14.3. The highest BCUT2D eigenvalue weighted by molar-refractivity contribution is 7.98. The van der Waals surface area contributed by atoms with Crippen LogP contribution in [0.5, 0.6) is 5.75 Å². The van der Waals surface area contributed by atoms with Gasteiger partial charge in [0.15, 0.2) is 6.61 Å². The van der Waals surface area contributed by atoms with E-state index in [1.54, 1.807) is 35.8 Å². The van der Waals surface area contributed by atoms with Crippen LogP contribution in [0.3, 0.4) is 0 Å². The Hall–Kier alpha value is -1.27. The van der Waals surface area contributed by atoms with Gasteiger partial charge >= 0.3 is 0 Å². The van der Waals surface area contributed by atoms with Crippen molar-refractivity contribution in [3.8, 4) is 5.75 Å². The summed E-state index contributed by atoms with van der Waals surface area (Å²) < 4.78 is 5.57. The number of ether oxygens (including phenoxy) is 1. The summed E-state index contributed by atoms with van der Waals surface area (Å²) in [7, 11) is 1.80. The van der Waals surface area contributed by atoms with E-state index < -0.39 is 0 Å². The molecule has 0 aliphatic heterocycles. The molecule has 1 aromatic carbocycles. The lowest BCUT2D eigenvalue weighted by molar-refractivity contribution is -0.133. The lowest BCUT2D eigenvalue weighted by Crippen LogP contribution is -2.38. The summed E-state index contributed by atoms with van der Waals surface area (Å²) in [6.45, 7) is 2.02. The molecule has 0 bridgehead atoms. The summed E-state index contributed by atoms with van der Waals surface area (Å²) in [4.78, 5) is 14.1.